The van der Waals surface area contributed by atoms with Crippen molar-refractivity contribution in [3.8, 4) is 0 Å². The quantitative estimate of drug-likeness (QED) is 0.798. The average Bonchev–Trinajstić information content (AvgIpc) is 2.79. The number of nitrogens with two attached hydrogens (primary N) is 1. The summed E-state index contributed by atoms with van der Waals surface area (Å²) in [4.78, 5) is 2.64. The lowest BCUT2D eigenvalue weighted by Crippen LogP contribution is -2.53. The van der Waals surface area contributed by atoms with E-state index in [2.05, 4.69) is 43.0 Å². The Morgan fingerprint density at radius 1 is 0.952 bits per heavy atom. The molecule has 2 rings (SSSR count). The molecule has 0 unspecified atom stereocenters. The van der Waals surface area contributed by atoms with Crippen LogP contribution in [0, 0.1) is 0 Å². The standard InChI is InChI=1S/C19H32N2/c1-3-17-9-11-18(12-10-17)15-21(4-2)19(16-20)13-7-5-6-8-14-19/h9-12H,3-8,13-16,20H2,1-2H3. The Labute approximate surface area is 130 Å². The number of nitrogens with zero attached hydrogens (tertiary/aromatic N) is 1. The first kappa shape index (κ1) is 16.5. The van der Waals surface area contributed by atoms with E-state index in [-0.39, 0.29) is 5.54 Å². The third-order valence-electron chi connectivity index (χ3n) is 5.27. The van der Waals surface area contributed by atoms with E-state index in [0.717, 1.165) is 26.1 Å². The Morgan fingerprint density at radius 2 is 1.52 bits per heavy atom. The zero-order valence-corrected chi connectivity index (χ0v) is 13.9. The molecule has 118 valence electrons. The third-order valence-corrected chi connectivity index (χ3v) is 5.27. The Bertz CT molecular complexity index is 402. The molecule has 0 saturated heterocycles. The van der Waals surface area contributed by atoms with Crippen LogP contribution >= 0.6 is 0 Å². The molecule has 1 aliphatic rings. The van der Waals surface area contributed by atoms with Crippen molar-refractivity contribution < 1.29 is 0 Å². The molecule has 0 amide bonds. The van der Waals surface area contributed by atoms with Crippen LogP contribution < -0.4 is 5.73 Å². The molecule has 0 aliphatic heterocycles. The molecule has 2 N–H and O–H groups in total. The summed E-state index contributed by atoms with van der Waals surface area (Å²) in [6, 6.07) is 9.13. The average molecular weight is 288 g/mol. The molecule has 1 saturated carbocycles. The van der Waals surface area contributed by atoms with Crippen molar-refractivity contribution in [2.75, 3.05) is 13.1 Å². The highest BCUT2D eigenvalue weighted by Crippen LogP contribution is 2.32. The molecule has 21 heavy (non-hydrogen) atoms. The van der Waals surface area contributed by atoms with E-state index in [1.165, 1.54) is 49.7 Å². The monoisotopic (exact) mass is 288 g/mol. The number of aryl methyl sites for hydroxylation is 1. The summed E-state index contributed by atoms with van der Waals surface area (Å²) in [5.41, 5.74) is 9.32. The normalized spacial score (nSPS) is 18.7. The van der Waals surface area contributed by atoms with Crippen molar-refractivity contribution >= 4 is 0 Å². The zero-order chi connectivity index (χ0) is 15.1. The van der Waals surface area contributed by atoms with Gasteiger partial charge in [0.15, 0.2) is 0 Å². The lowest BCUT2D eigenvalue weighted by Gasteiger charge is -2.43. The van der Waals surface area contributed by atoms with Crippen LogP contribution in [0.5, 0.6) is 0 Å². The number of hydrogen-bond donors (Lipinski definition) is 1. The van der Waals surface area contributed by atoms with E-state index in [4.69, 9.17) is 5.73 Å². The Morgan fingerprint density at radius 3 is 2.00 bits per heavy atom. The van der Waals surface area contributed by atoms with Crippen LogP contribution in [-0.4, -0.2) is 23.5 Å². The van der Waals surface area contributed by atoms with Crippen LogP contribution in [0.25, 0.3) is 0 Å². The fraction of sp³-hybridized carbons (Fsp3) is 0.684. The van der Waals surface area contributed by atoms with E-state index in [9.17, 15) is 0 Å². The first-order valence-corrected chi connectivity index (χ1v) is 8.77. The van der Waals surface area contributed by atoms with Gasteiger partial charge in [0.05, 0.1) is 0 Å². The van der Waals surface area contributed by atoms with Crippen molar-refractivity contribution in [3.05, 3.63) is 35.4 Å². The van der Waals surface area contributed by atoms with Gasteiger partial charge in [-0.1, -0.05) is 63.8 Å². The van der Waals surface area contributed by atoms with Gasteiger partial charge in [0.1, 0.15) is 0 Å². The van der Waals surface area contributed by atoms with Crippen molar-refractivity contribution in [3.63, 3.8) is 0 Å². The summed E-state index contributed by atoms with van der Waals surface area (Å²) in [5, 5.41) is 0. The largest absolute Gasteiger partial charge is 0.329 e. The van der Waals surface area contributed by atoms with E-state index >= 15 is 0 Å². The first-order valence-electron chi connectivity index (χ1n) is 8.77. The van der Waals surface area contributed by atoms with Gasteiger partial charge >= 0.3 is 0 Å². The first-order chi connectivity index (χ1) is 10.2. The van der Waals surface area contributed by atoms with Gasteiger partial charge in [0.2, 0.25) is 0 Å². The van der Waals surface area contributed by atoms with Crippen molar-refractivity contribution in [2.45, 2.75) is 70.9 Å². The number of likely N-dealkylation sites (N-methyl/N-ethyl adjacent to an activating group) is 1. The fourth-order valence-electron chi connectivity index (χ4n) is 3.75. The van der Waals surface area contributed by atoms with Crippen molar-refractivity contribution in [1.29, 1.82) is 0 Å². The maximum absolute atomic E-state index is 6.24. The lowest BCUT2D eigenvalue weighted by molar-refractivity contribution is 0.0756. The Balaban J connectivity index is 2.12. The highest BCUT2D eigenvalue weighted by atomic mass is 15.2. The number of rotatable bonds is 6. The molecule has 1 aliphatic carbocycles. The molecule has 0 radical (unpaired) electrons. The van der Waals surface area contributed by atoms with Crippen LogP contribution in [0.2, 0.25) is 0 Å². The minimum absolute atomic E-state index is 0.231. The number of benzene rings is 1. The van der Waals surface area contributed by atoms with Gasteiger partial charge < -0.3 is 5.73 Å². The predicted octanol–water partition coefficient (Wildman–Crippen LogP) is 4.12. The van der Waals surface area contributed by atoms with Crippen LogP contribution in [-0.2, 0) is 13.0 Å². The molecular formula is C19H32N2. The molecule has 0 aromatic heterocycles. The maximum Gasteiger partial charge on any atom is 0.0335 e. The summed E-state index contributed by atoms with van der Waals surface area (Å²) >= 11 is 0. The van der Waals surface area contributed by atoms with Crippen molar-refractivity contribution in [2.24, 2.45) is 5.73 Å². The van der Waals surface area contributed by atoms with Crippen molar-refractivity contribution in [1.82, 2.24) is 4.90 Å². The van der Waals surface area contributed by atoms with Gasteiger partial charge in [0.25, 0.3) is 0 Å². The SMILES string of the molecule is CCc1ccc(CN(CC)C2(CN)CCCCCC2)cc1. The summed E-state index contributed by atoms with van der Waals surface area (Å²) < 4.78 is 0. The summed E-state index contributed by atoms with van der Waals surface area (Å²) in [6.07, 6.45) is 9.08. The predicted molar refractivity (Wildman–Crippen MR) is 91.4 cm³/mol. The van der Waals surface area contributed by atoms with Gasteiger partial charge in [-0.15, -0.1) is 0 Å². The van der Waals surface area contributed by atoms with Gasteiger partial charge in [-0.05, 0) is 36.9 Å². The molecule has 2 heteroatoms. The molecular weight excluding hydrogens is 256 g/mol. The smallest absolute Gasteiger partial charge is 0.0335 e. The molecule has 0 spiro atoms. The molecule has 2 nitrogen and oxygen atoms in total. The van der Waals surface area contributed by atoms with Crippen LogP contribution in [0.1, 0.15) is 63.5 Å². The van der Waals surface area contributed by atoms with Gasteiger partial charge in [-0.25, -0.2) is 0 Å². The second kappa shape index (κ2) is 7.95. The molecule has 0 bridgehead atoms. The zero-order valence-electron chi connectivity index (χ0n) is 13.9. The fourth-order valence-corrected chi connectivity index (χ4v) is 3.75. The highest BCUT2D eigenvalue weighted by Gasteiger charge is 2.34. The molecule has 1 aromatic rings. The van der Waals surface area contributed by atoms with E-state index < -0.39 is 0 Å². The molecule has 1 fully saturated rings. The van der Waals surface area contributed by atoms with Gasteiger partial charge in [-0.2, -0.15) is 0 Å². The van der Waals surface area contributed by atoms with Crippen LogP contribution in [0.15, 0.2) is 24.3 Å². The topological polar surface area (TPSA) is 29.3 Å². The highest BCUT2D eigenvalue weighted by molar-refractivity contribution is 5.22. The Hall–Kier alpha value is -0.860. The second-order valence-corrected chi connectivity index (χ2v) is 6.53. The van der Waals surface area contributed by atoms with E-state index in [1.54, 1.807) is 0 Å². The molecule has 0 heterocycles. The van der Waals surface area contributed by atoms with Gasteiger partial charge in [-0.3, -0.25) is 4.90 Å². The minimum Gasteiger partial charge on any atom is -0.329 e. The summed E-state index contributed by atoms with van der Waals surface area (Å²) in [6.45, 7) is 7.42. The molecule has 0 atom stereocenters. The van der Waals surface area contributed by atoms with Gasteiger partial charge in [0, 0.05) is 18.6 Å². The van der Waals surface area contributed by atoms with Crippen LogP contribution in [0.3, 0.4) is 0 Å². The number of hydrogen-bond acceptors (Lipinski definition) is 2. The molecule has 1 aromatic carbocycles. The van der Waals surface area contributed by atoms with Crippen LogP contribution in [0.4, 0.5) is 0 Å². The van der Waals surface area contributed by atoms with E-state index in [0.29, 0.717) is 0 Å². The van der Waals surface area contributed by atoms with E-state index in [1.807, 2.05) is 0 Å². The second-order valence-electron chi connectivity index (χ2n) is 6.53. The summed E-state index contributed by atoms with van der Waals surface area (Å²) in [5.74, 6) is 0. The minimum atomic E-state index is 0.231. The lowest BCUT2D eigenvalue weighted by atomic mass is 9.87. The third kappa shape index (κ3) is 4.08. The maximum atomic E-state index is 6.24. The Kier molecular flexibility index (Phi) is 6.25. The summed E-state index contributed by atoms with van der Waals surface area (Å²) in [7, 11) is 0.